The van der Waals surface area contributed by atoms with Crippen LogP contribution in [-0.2, 0) is 4.79 Å². The number of carbonyl (C=O) groups excluding carboxylic acids is 2. The molecular weight excluding hydrogens is 274 g/mol. The first-order valence-corrected chi connectivity index (χ1v) is 7.84. The third-order valence-corrected chi connectivity index (χ3v) is 4.49. The van der Waals surface area contributed by atoms with Crippen molar-refractivity contribution in [2.75, 3.05) is 26.7 Å². The smallest absolute Gasteiger partial charge is 0.261 e. The Hall–Kier alpha value is -1.40. The summed E-state index contributed by atoms with van der Waals surface area (Å²) in [7, 11) is 1.86. The van der Waals surface area contributed by atoms with Crippen molar-refractivity contribution >= 4 is 23.2 Å². The number of piperidine rings is 1. The van der Waals surface area contributed by atoms with Crippen LogP contribution in [0.1, 0.15) is 28.9 Å². The quantitative estimate of drug-likeness (QED) is 0.854. The molecule has 6 heteroatoms. The molecule has 2 heterocycles. The molecule has 1 saturated heterocycles. The van der Waals surface area contributed by atoms with Crippen molar-refractivity contribution in [2.45, 2.75) is 25.3 Å². The zero-order chi connectivity index (χ0) is 14.4. The molecule has 0 aromatic carbocycles. The second kappa shape index (κ2) is 7.40. The number of hydrogen-bond acceptors (Lipinski definition) is 4. The first-order chi connectivity index (χ1) is 9.68. The number of amides is 2. The third-order valence-electron chi connectivity index (χ3n) is 3.62. The lowest BCUT2D eigenvalue weighted by molar-refractivity contribution is -0.132. The Morgan fingerprint density at radius 2 is 2.20 bits per heavy atom. The van der Waals surface area contributed by atoms with Crippen LogP contribution >= 0.6 is 11.3 Å². The van der Waals surface area contributed by atoms with Crippen LogP contribution in [0.15, 0.2) is 17.5 Å². The van der Waals surface area contributed by atoms with E-state index in [4.69, 9.17) is 0 Å². The largest absolute Gasteiger partial charge is 0.351 e. The molecule has 0 saturated carbocycles. The van der Waals surface area contributed by atoms with Gasteiger partial charge in [-0.1, -0.05) is 6.07 Å². The van der Waals surface area contributed by atoms with Crippen molar-refractivity contribution in [2.24, 2.45) is 0 Å². The maximum atomic E-state index is 12.1. The van der Waals surface area contributed by atoms with Crippen molar-refractivity contribution in [1.29, 1.82) is 0 Å². The van der Waals surface area contributed by atoms with Gasteiger partial charge in [0.1, 0.15) is 0 Å². The molecule has 1 fully saturated rings. The Morgan fingerprint density at radius 1 is 1.45 bits per heavy atom. The van der Waals surface area contributed by atoms with E-state index < -0.39 is 0 Å². The summed E-state index contributed by atoms with van der Waals surface area (Å²) in [5, 5.41) is 7.94. The van der Waals surface area contributed by atoms with E-state index in [1.54, 1.807) is 6.07 Å². The molecule has 20 heavy (non-hydrogen) atoms. The zero-order valence-electron chi connectivity index (χ0n) is 11.7. The van der Waals surface area contributed by atoms with Crippen LogP contribution in [0, 0.1) is 0 Å². The summed E-state index contributed by atoms with van der Waals surface area (Å²) in [6.07, 6.45) is 2.37. The molecule has 1 aliphatic heterocycles. The summed E-state index contributed by atoms with van der Waals surface area (Å²) in [5.41, 5.74) is 0. The number of hydrogen-bond donors (Lipinski definition) is 2. The second-order valence-electron chi connectivity index (χ2n) is 4.97. The van der Waals surface area contributed by atoms with Gasteiger partial charge < -0.3 is 15.5 Å². The fraction of sp³-hybridized carbons (Fsp3) is 0.571. The van der Waals surface area contributed by atoms with Crippen LogP contribution in [-0.4, -0.2) is 49.4 Å². The standard InChI is InChI=1S/C14H21N3O2S/c1-17(11-4-7-15-8-5-11)13(18)6-9-16-14(19)12-3-2-10-20-12/h2-3,10-11,15H,4-9H2,1H3,(H,16,19). The van der Waals surface area contributed by atoms with E-state index in [0.29, 0.717) is 23.9 Å². The summed E-state index contributed by atoms with van der Waals surface area (Å²) in [6, 6.07) is 3.95. The Labute approximate surface area is 123 Å². The first kappa shape index (κ1) is 15.0. The average Bonchev–Trinajstić information content (AvgIpc) is 3.01. The van der Waals surface area contributed by atoms with Crippen LogP contribution in [0.5, 0.6) is 0 Å². The molecule has 110 valence electrons. The normalized spacial score (nSPS) is 15.8. The van der Waals surface area contributed by atoms with E-state index in [-0.39, 0.29) is 11.8 Å². The van der Waals surface area contributed by atoms with Gasteiger partial charge in [-0.05, 0) is 37.4 Å². The highest BCUT2D eigenvalue weighted by Crippen LogP contribution is 2.11. The number of nitrogens with zero attached hydrogens (tertiary/aromatic N) is 1. The van der Waals surface area contributed by atoms with E-state index in [0.717, 1.165) is 25.9 Å². The lowest BCUT2D eigenvalue weighted by atomic mass is 10.1. The minimum Gasteiger partial charge on any atom is -0.351 e. The fourth-order valence-electron chi connectivity index (χ4n) is 2.35. The van der Waals surface area contributed by atoms with Gasteiger partial charge in [-0.3, -0.25) is 9.59 Å². The van der Waals surface area contributed by atoms with Gasteiger partial charge in [-0.2, -0.15) is 0 Å². The Bertz CT molecular complexity index is 441. The molecule has 0 unspecified atom stereocenters. The van der Waals surface area contributed by atoms with Crippen molar-refractivity contribution in [3.8, 4) is 0 Å². The molecule has 2 rings (SSSR count). The predicted octanol–water partition coefficient (Wildman–Crippen LogP) is 1.08. The summed E-state index contributed by atoms with van der Waals surface area (Å²) < 4.78 is 0. The monoisotopic (exact) mass is 295 g/mol. The molecule has 0 radical (unpaired) electrons. The van der Waals surface area contributed by atoms with Crippen molar-refractivity contribution in [3.05, 3.63) is 22.4 Å². The lowest BCUT2D eigenvalue weighted by Gasteiger charge is -2.31. The molecule has 0 atom stereocenters. The number of carbonyl (C=O) groups is 2. The number of thiophene rings is 1. The number of nitrogens with one attached hydrogen (secondary N) is 2. The van der Waals surface area contributed by atoms with Crippen LogP contribution in [0.3, 0.4) is 0 Å². The van der Waals surface area contributed by atoms with E-state index in [1.165, 1.54) is 11.3 Å². The zero-order valence-corrected chi connectivity index (χ0v) is 12.5. The number of rotatable bonds is 5. The highest BCUT2D eigenvalue weighted by atomic mass is 32.1. The first-order valence-electron chi connectivity index (χ1n) is 6.96. The predicted molar refractivity (Wildman–Crippen MR) is 79.9 cm³/mol. The highest BCUT2D eigenvalue weighted by Gasteiger charge is 2.21. The van der Waals surface area contributed by atoms with Crippen molar-refractivity contribution in [3.63, 3.8) is 0 Å². The summed E-state index contributed by atoms with van der Waals surface area (Å²) in [6.45, 7) is 2.33. The summed E-state index contributed by atoms with van der Waals surface area (Å²) in [4.78, 5) is 26.3. The van der Waals surface area contributed by atoms with Crippen LogP contribution < -0.4 is 10.6 Å². The molecule has 0 aliphatic carbocycles. The van der Waals surface area contributed by atoms with Gasteiger partial charge in [-0.15, -0.1) is 11.3 Å². The maximum Gasteiger partial charge on any atom is 0.261 e. The minimum atomic E-state index is -0.0997. The molecule has 1 aliphatic rings. The topological polar surface area (TPSA) is 61.4 Å². The summed E-state index contributed by atoms with van der Waals surface area (Å²) >= 11 is 1.40. The van der Waals surface area contributed by atoms with Gasteiger partial charge in [0.25, 0.3) is 5.91 Å². The third kappa shape index (κ3) is 4.05. The maximum absolute atomic E-state index is 12.1. The van der Waals surface area contributed by atoms with E-state index >= 15 is 0 Å². The van der Waals surface area contributed by atoms with E-state index in [1.807, 2.05) is 23.4 Å². The highest BCUT2D eigenvalue weighted by molar-refractivity contribution is 7.12. The van der Waals surface area contributed by atoms with Crippen LogP contribution in [0.4, 0.5) is 0 Å². The minimum absolute atomic E-state index is 0.0997. The van der Waals surface area contributed by atoms with Gasteiger partial charge in [0, 0.05) is 26.1 Å². The molecule has 0 bridgehead atoms. The molecule has 2 amide bonds. The Kier molecular flexibility index (Phi) is 5.55. The Balaban J connectivity index is 1.70. The molecule has 2 N–H and O–H groups in total. The van der Waals surface area contributed by atoms with E-state index in [2.05, 4.69) is 10.6 Å². The van der Waals surface area contributed by atoms with E-state index in [9.17, 15) is 9.59 Å². The van der Waals surface area contributed by atoms with Crippen molar-refractivity contribution in [1.82, 2.24) is 15.5 Å². The van der Waals surface area contributed by atoms with Gasteiger partial charge in [0.15, 0.2) is 0 Å². The molecule has 5 nitrogen and oxygen atoms in total. The van der Waals surface area contributed by atoms with Crippen LogP contribution in [0.2, 0.25) is 0 Å². The van der Waals surface area contributed by atoms with Gasteiger partial charge in [-0.25, -0.2) is 0 Å². The second-order valence-corrected chi connectivity index (χ2v) is 5.92. The van der Waals surface area contributed by atoms with Gasteiger partial charge >= 0.3 is 0 Å². The van der Waals surface area contributed by atoms with Crippen molar-refractivity contribution < 1.29 is 9.59 Å². The van der Waals surface area contributed by atoms with Crippen LogP contribution in [0.25, 0.3) is 0 Å². The lowest BCUT2D eigenvalue weighted by Crippen LogP contribution is -2.44. The van der Waals surface area contributed by atoms with Gasteiger partial charge in [0.2, 0.25) is 5.91 Å². The molecule has 1 aromatic heterocycles. The molecule has 1 aromatic rings. The molecular formula is C14H21N3O2S. The SMILES string of the molecule is CN(C(=O)CCNC(=O)c1cccs1)C1CCNCC1. The average molecular weight is 295 g/mol. The summed E-state index contributed by atoms with van der Waals surface area (Å²) in [5.74, 6) is 0.000647. The molecule has 0 spiro atoms. The Morgan fingerprint density at radius 3 is 2.85 bits per heavy atom. The fourth-order valence-corrected chi connectivity index (χ4v) is 2.99. The van der Waals surface area contributed by atoms with Gasteiger partial charge in [0.05, 0.1) is 4.88 Å².